The number of aryl methyl sites for hydroxylation is 1. The zero-order valence-corrected chi connectivity index (χ0v) is 15.7. The molecular weight excluding hydrogens is 371 g/mol. The van der Waals surface area contributed by atoms with E-state index in [1.807, 2.05) is 4.90 Å². The fourth-order valence-corrected chi connectivity index (χ4v) is 4.58. The molecule has 0 unspecified atom stereocenters. The van der Waals surface area contributed by atoms with Gasteiger partial charge in [0, 0.05) is 31.4 Å². The van der Waals surface area contributed by atoms with Crippen LogP contribution in [0.15, 0.2) is 15.3 Å². The third-order valence-corrected chi connectivity index (χ3v) is 6.01. The highest BCUT2D eigenvalue weighted by molar-refractivity contribution is 6.38. The second kappa shape index (κ2) is 5.94. The second-order valence-corrected chi connectivity index (χ2v) is 7.95. The molecule has 1 saturated carbocycles. The molecule has 8 heteroatoms. The maximum absolute atomic E-state index is 15.1. The van der Waals surface area contributed by atoms with Crippen LogP contribution >= 0.6 is 11.6 Å². The summed E-state index contributed by atoms with van der Waals surface area (Å²) in [4.78, 5) is 19.2. The number of aromatic nitrogens is 2. The predicted molar refractivity (Wildman–Crippen MR) is 103 cm³/mol. The largest absolute Gasteiger partial charge is 0.440 e. The van der Waals surface area contributed by atoms with Gasteiger partial charge in [0.1, 0.15) is 5.82 Å². The number of rotatable bonds is 3. The van der Waals surface area contributed by atoms with E-state index in [1.165, 1.54) is 6.07 Å². The van der Waals surface area contributed by atoms with Crippen LogP contribution in [0.2, 0.25) is 5.02 Å². The summed E-state index contributed by atoms with van der Waals surface area (Å²) in [6.45, 7) is 3.60. The van der Waals surface area contributed by atoms with E-state index in [0.717, 1.165) is 19.3 Å². The Hall–Kier alpha value is -2.12. The van der Waals surface area contributed by atoms with Crippen LogP contribution in [0.3, 0.4) is 0 Å². The number of nitrogens with zero attached hydrogens (tertiary/aromatic N) is 3. The van der Waals surface area contributed by atoms with Gasteiger partial charge in [-0.1, -0.05) is 11.6 Å². The van der Waals surface area contributed by atoms with Crippen LogP contribution in [0.4, 0.5) is 10.1 Å². The molecule has 1 saturated heterocycles. The Labute approximate surface area is 159 Å². The van der Waals surface area contributed by atoms with E-state index in [-0.39, 0.29) is 22.1 Å². The molecule has 3 heterocycles. The number of anilines is 1. The summed E-state index contributed by atoms with van der Waals surface area (Å²) >= 11 is 6.74. The summed E-state index contributed by atoms with van der Waals surface area (Å²) in [5.41, 5.74) is 6.99. The molecule has 2 N–H and O–H groups in total. The summed E-state index contributed by atoms with van der Waals surface area (Å²) in [6.07, 6.45) is 2.71. The van der Waals surface area contributed by atoms with Crippen LogP contribution in [-0.2, 0) is 0 Å². The van der Waals surface area contributed by atoms with Gasteiger partial charge in [-0.3, -0.25) is 4.79 Å². The van der Waals surface area contributed by atoms with Crippen molar-refractivity contribution in [2.75, 3.05) is 24.5 Å². The quantitative estimate of drug-likeness (QED) is 0.742. The molecule has 1 aromatic carbocycles. The fraction of sp³-hybridized carbons (Fsp3) is 0.474. The second-order valence-electron chi connectivity index (χ2n) is 7.57. The number of benzene rings is 1. The Morgan fingerprint density at radius 1 is 1.41 bits per heavy atom. The van der Waals surface area contributed by atoms with E-state index < -0.39 is 5.82 Å². The van der Waals surface area contributed by atoms with Crippen molar-refractivity contribution in [1.82, 2.24) is 9.55 Å². The van der Waals surface area contributed by atoms with Crippen LogP contribution in [0.25, 0.3) is 22.0 Å². The molecular formula is C19H20ClFN4O2. The Bertz CT molecular complexity index is 1130. The van der Waals surface area contributed by atoms with Crippen molar-refractivity contribution in [1.29, 1.82) is 0 Å². The first kappa shape index (κ1) is 17.0. The first-order valence-corrected chi connectivity index (χ1v) is 9.65. The summed E-state index contributed by atoms with van der Waals surface area (Å²) in [5, 5.41) is 0.764. The van der Waals surface area contributed by atoms with E-state index in [1.54, 1.807) is 11.5 Å². The highest BCUT2D eigenvalue weighted by atomic mass is 35.5. The van der Waals surface area contributed by atoms with Crippen molar-refractivity contribution >= 4 is 39.3 Å². The lowest BCUT2D eigenvalue weighted by Gasteiger charge is -2.23. The molecule has 5 rings (SSSR count). The fourth-order valence-electron chi connectivity index (χ4n) is 4.18. The van der Waals surface area contributed by atoms with Gasteiger partial charge in [-0.15, -0.1) is 0 Å². The van der Waals surface area contributed by atoms with Gasteiger partial charge >= 0.3 is 0 Å². The lowest BCUT2D eigenvalue weighted by molar-refractivity contribution is 0.563. The van der Waals surface area contributed by atoms with Gasteiger partial charge in [0.25, 0.3) is 5.56 Å². The van der Waals surface area contributed by atoms with Crippen molar-refractivity contribution in [2.45, 2.75) is 32.2 Å². The van der Waals surface area contributed by atoms with E-state index in [4.69, 9.17) is 21.8 Å². The van der Waals surface area contributed by atoms with Gasteiger partial charge in [0.2, 0.25) is 0 Å². The topological polar surface area (TPSA) is 77.3 Å². The first-order chi connectivity index (χ1) is 13.0. The maximum atomic E-state index is 15.1. The minimum Gasteiger partial charge on any atom is -0.440 e. The molecule has 1 aliphatic heterocycles. The number of pyridine rings is 1. The van der Waals surface area contributed by atoms with Crippen molar-refractivity contribution in [2.24, 2.45) is 11.7 Å². The normalized spacial score (nSPS) is 20.3. The Morgan fingerprint density at radius 3 is 2.85 bits per heavy atom. The van der Waals surface area contributed by atoms with Crippen LogP contribution in [0.1, 0.15) is 31.2 Å². The Kier molecular flexibility index (Phi) is 3.74. The van der Waals surface area contributed by atoms with Gasteiger partial charge in [-0.25, -0.2) is 9.37 Å². The van der Waals surface area contributed by atoms with Crippen LogP contribution in [0.5, 0.6) is 0 Å². The first-order valence-electron chi connectivity index (χ1n) is 9.28. The zero-order valence-electron chi connectivity index (χ0n) is 15.0. The van der Waals surface area contributed by atoms with Gasteiger partial charge in [-0.05, 0) is 37.8 Å². The van der Waals surface area contributed by atoms with Crippen molar-refractivity contribution in [3.63, 3.8) is 0 Å². The summed E-state index contributed by atoms with van der Waals surface area (Å²) in [5.74, 6) is 0.283. The number of nitrogens with two attached hydrogens (primary N) is 1. The number of fused-ring (bicyclic) bond motifs is 3. The molecule has 0 radical (unpaired) electrons. The molecule has 1 aliphatic carbocycles. The molecule has 6 nitrogen and oxygen atoms in total. The van der Waals surface area contributed by atoms with Gasteiger partial charge in [0.15, 0.2) is 17.0 Å². The monoisotopic (exact) mass is 390 g/mol. The summed E-state index contributed by atoms with van der Waals surface area (Å²) in [7, 11) is 0. The highest BCUT2D eigenvalue weighted by Gasteiger charge is 2.33. The number of oxazole rings is 1. The average Bonchev–Trinajstić information content (AvgIpc) is 3.21. The Balaban J connectivity index is 1.84. The lowest BCUT2D eigenvalue weighted by Crippen LogP contribution is -2.25. The zero-order chi connectivity index (χ0) is 18.9. The van der Waals surface area contributed by atoms with E-state index in [2.05, 4.69) is 4.98 Å². The molecule has 0 amide bonds. The molecule has 0 spiro atoms. The molecule has 0 bridgehead atoms. The number of hydrogen-bond acceptors (Lipinski definition) is 5. The standard InChI is InChI=1S/C19H20ClFN4O2/c1-9-23-15-18(27-9)12-6-13(21)17(24-5-4-10(7-22)8-24)14(20)16(12)25(19(15)26)11-2-3-11/h6,10-11H,2-5,7-8,22H2,1H3/t10-/m0/s1. The van der Waals surface area contributed by atoms with Gasteiger partial charge < -0.3 is 19.6 Å². The number of hydrogen-bond donors (Lipinski definition) is 1. The molecule has 1 atom stereocenters. The van der Waals surface area contributed by atoms with Crippen molar-refractivity contribution in [3.05, 3.63) is 33.2 Å². The van der Waals surface area contributed by atoms with Crippen LogP contribution in [-0.4, -0.2) is 29.2 Å². The molecule has 2 aliphatic rings. The molecule has 142 valence electrons. The predicted octanol–water partition coefficient (Wildman–Crippen LogP) is 3.36. The summed E-state index contributed by atoms with van der Waals surface area (Å²) < 4.78 is 22.5. The lowest BCUT2D eigenvalue weighted by atomic mass is 10.1. The van der Waals surface area contributed by atoms with E-state index >= 15 is 4.39 Å². The summed E-state index contributed by atoms with van der Waals surface area (Å²) in [6, 6.07) is 1.50. The van der Waals surface area contributed by atoms with Crippen LogP contribution < -0.4 is 16.2 Å². The van der Waals surface area contributed by atoms with Gasteiger partial charge in [-0.2, -0.15) is 0 Å². The van der Waals surface area contributed by atoms with Crippen LogP contribution in [0, 0.1) is 18.7 Å². The molecule has 3 aromatic rings. The van der Waals surface area contributed by atoms with E-state index in [0.29, 0.717) is 53.6 Å². The van der Waals surface area contributed by atoms with Gasteiger partial charge in [0.05, 0.1) is 16.2 Å². The number of halogens is 2. The maximum Gasteiger partial charge on any atom is 0.281 e. The third-order valence-electron chi connectivity index (χ3n) is 5.66. The minimum atomic E-state index is -0.415. The van der Waals surface area contributed by atoms with Crippen molar-refractivity contribution in [3.8, 4) is 0 Å². The smallest absolute Gasteiger partial charge is 0.281 e. The third kappa shape index (κ3) is 2.48. The molecule has 27 heavy (non-hydrogen) atoms. The Morgan fingerprint density at radius 2 is 2.19 bits per heavy atom. The highest BCUT2D eigenvalue weighted by Crippen LogP contribution is 2.44. The SMILES string of the molecule is Cc1nc2c(=O)n(C3CC3)c3c(Cl)c(N4CC[C@@H](CN)C4)c(F)cc3c2o1. The average molecular weight is 391 g/mol. The van der Waals surface area contributed by atoms with E-state index in [9.17, 15) is 4.79 Å². The molecule has 2 aromatic heterocycles. The van der Waals surface area contributed by atoms with Crippen molar-refractivity contribution < 1.29 is 8.81 Å². The minimum absolute atomic E-state index is 0.0765. The molecule has 2 fully saturated rings.